The van der Waals surface area contributed by atoms with Crippen molar-refractivity contribution in [3.05, 3.63) is 75.5 Å². The Kier molecular flexibility index (Phi) is 7.27. The predicted octanol–water partition coefficient (Wildman–Crippen LogP) is 0.912. The summed E-state index contributed by atoms with van der Waals surface area (Å²) in [5.74, 6) is -1.26. The number of rotatable bonds is 8. The Hall–Kier alpha value is -3.57. The third kappa shape index (κ3) is 5.57. The maximum absolute atomic E-state index is 13.1. The lowest BCUT2D eigenvalue weighted by atomic mass is 10.1. The van der Waals surface area contributed by atoms with Crippen LogP contribution in [0.25, 0.3) is 0 Å². The van der Waals surface area contributed by atoms with Gasteiger partial charge in [0.15, 0.2) is 5.69 Å². The summed E-state index contributed by atoms with van der Waals surface area (Å²) in [4.78, 5) is 34.6. The smallest absolute Gasteiger partial charge is 0.296 e. The second-order valence-corrected chi connectivity index (χ2v) is 8.98. The summed E-state index contributed by atoms with van der Waals surface area (Å²) in [6.07, 6.45) is 2.64. The first kappa shape index (κ1) is 24.6. The molecule has 3 heterocycles. The number of hydrogen-bond acceptors (Lipinski definition) is 7. The summed E-state index contributed by atoms with van der Waals surface area (Å²) >= 11 is 0. The number of aryl methyl sites for hydroxylation is 1. The van der Waals surface area contributed by atoms with Crippen LogP contribution in [0.1, 0.15) is 33.6 Å². The minimum atomic E-state index is -0.670. The van der Waals surface area contributed by atoms with E-state index in [0.29, 0.717) is 37.6 Å². The van der Waals surface area contributed by atoms with Gasteiger partial charge < -0.3 is 15.3 Å². The molecule has 2 N–H and O–H groups in total. The van der Waals surface area contributed by atoms with Gasteiger partial charge in [0.05, 0.1) is 11.7 Å². The fraction of sp³-hybridized carbons (Fsp3) is 0.417. The number of likely N-dealkylation sites (N-methyl/N-ethyl adjacent to an activating group) is 1. The molecule has 0 bridgehead atoms. The van der Waals surface area contributed by atoms with Crippen LogP contribution in [0, 0.1) is 5.82 Å². The number of hydrogen-bond donors (Lipinski definition) is 2. The number of nitrogens with one attached hydrogen (secondary N) is 1. The number of aromatic hydroxyl groups is 1. The van der Waals surface area contributed by atoms with Gasteiger partial charge in [-0.05, 0) is 37.9 Å². The zero-order valence-electron chi connectivity index (χ0n) is 20.1. The lowest BCUT2D eigenvalue weighted by molar-refractivity contribution is 0.0934. The van der Waals surface area contributed by atoms with E-state index in [4.69, 9.17) is 0 Å². The lowest BCUT2D eigenvalue weighted by Crippen LogP contribution is -2.48. The molecule has 0 spiro atoms. The normalized spacial score (nSPS) is 15.9. The Morgan fingerprint density at radius 3 is 2.63 bits per heavy atom. The standard InChI is InChI=1S/C24H30FN7O3/c1-29(2)15-19-22-27-20(23(34)26-14-16-4-6-17(25)7-5-16)21(33)24(35)32(22)13-12-31(19)11-9-18-8-10-30(3)28-18/h4-8,10,19,33H,9,11-15H2,1-3H3,(H,26,34). The van der Waals surface area contributed by atoms with Crippen molar-refractivity contribution >= 4 is 5.91 Å². The maximum Gasteiger partial charge on any atom is 0.296 e. The van der Waals surface area contributed by atoms with Crippen molar-refractivity contribution in [2.45, 2.75) is 25.6 Å². The minimum absolute atomic E-state index is 0.107. The number of aromatic nitrogens is 4. The van der Waals surface area contributed by atoms with Crippen LogP contribution in [0.2, 0.25) is 0 Å². The SMILES string of the molecule is CN(C)CC1c2nc(C(=O)NCc3ccc(F)cc3)c(O)c(=O)n2CCN1CCc1ccn(C)n1. The largest absolute Gasteiger partial charge is 0.501 e. The fourth-order valence-corrected chi connectivity index (χ4v) is 4.27. The molecule has 0 radical (unpaired) electrons. The molecule has 35 heavy (non-hydrogen) atoms. The van der Waals surface area contributed by atoms with E-state index in [0.717, 1.165) is 12.1 Å². The van der Waals surface area contributed by atoms with Gasteiger partial charge >= 0.3 is 0 Å². The molecule has 1 unspecified atom stereocenters. The first-order valence-electron chi connectivity index (χ1n) is 11.5. The number of carbonyl (C=O) groups is 1. The van der Waals surface area contributed by atoms with Crippen LogP contribution in [0.5, 0.6) is 5.75 Å². The fourth-order valence-electron chi connectivity index (χ4n) is 4.27. The average Bonchev–Trinajstić information content (AvgIpc) is 3.25. The quantitative estimate of drug-likeness (QED) is 0.490. The van der Waals surface area contributed by atoms with Crippen molar-refractivity contribution in [1.29, 1.82) is 0 Å². The molecule has 1 amide bonds. The second-order valence-electron chi connectivity index (χ2n) is 8.98. The van der Waals surface area contributed by atoms with E-state index in [9.17, 15) is 19.1 Å². The summed E-state index contributed by atoms with van der Waals surface area (Å²) in [6, 6.07) is 7.43. The average molecular weight is 484 g/mol. The molecule has 0 aliphatic carbocycles. The summed E-state index contributed by atoms with van der Waals surface area (Å²) < 4.78 is 16.4. The molecule has 4 rings (SSSR count). The molecule has 186 valence electrons. The van der Waals surface area contributed by atoms with Gasteiger partial charge in [0, 0.05) is 52.4 Å². The van der Waals surface area contributed by atoms with Gasteiger partial charge in [-0.2, -0.15) is 5.10 Å². The molecule has 0 saturated carbocycles. The summed E-state index contributed by atoms with van der Waals surface area (Å²) in [7, 11) is 5.75. The molecule has 3 aromatic rings. The van der Waals surface area contributed by atoms with E-state index >= 15 is 0 Å². The van der Waals surface area contributed by atoms with Crippen LogP contribution in [0.3, 0.4) is 0 Å². The molecule has 11 heteroatoms. The van der Waals surface area contributed by atoms with Crippen molar-refractivity contribution in [1.82, 2.24) is 34.4 Å². The third-order valence-electron chi connectivity index (χ3n) is 6.07. The molecule has 10 nitrogen and oxygen atoms in total. The highest BCUT2D eigenvalue weighted by atomic mass is 19.1. The number of benzene rings is 1. The Bertz CT molecular complexity index is 1250. The Balaban J connectivity index is 1.59. The van der Waals surface area contributed by atoms with Crippen LogP contribution in [0.15, 0.2) is 41.3 Å². The van der Waals surface area contributed by atoms with E-state index in [-0.39, 0.29) is 24.1 Å². The van der Waals surface area contributed by atoms with Crippen LogP contribution in [-0.4, -0.2) is 73.9 Å². The molecule has 2 aromatic heterocycles. The van der Waals surface area contributed by atoms with Gasteiger partial charge in [0.1, 0.15) is 11.6 Å². The van der Waals surface area contributed by atoms with E-state index < -0.39 is 17.2 Å². The molecule has 0 saturated heterocycles. The van der Waals surface area contributed by atoms with Crippen LogP contribution >= 0.6 is 0 Å². The molecular formula is C24H30FN7O3. The minimum Gasteiger partial charge on any atom is -0.501 e. The first-order valence-corrected chi connectivity index (χ1v) is 11.5. The first-order chi connectivity index (χ1) is 16.7. The second kappa shape index (κ2) is 10.4. The van der Waals surface area contributed by atoms with Gasteiger partial charge in [0.2, 0.25) is 5.75 Å². The van der Waals surface area contributed by atoms with Crippen LogP contribution in [0.4, 0.5) is 4.39 Å². The monoisotopic (exact) mass is 483 g/mol. The van der Waals surface area contributed by atoms with Crippen molar-refractivity contribution < 1.29 is 14.3 Å². The molecule has 1 atom stereocenters. The summed E-state index contributed by atoms with van der Waals surface area (Å²) in [5, 5.41) is 17.6. The topological polar surface area (TPSA) is 109 Å². The number of carbonyl (C=O) groups excluding carboxylic acids is 1. The molecule has 0 fully saturated rings. The Labute approximate surface area is 202 Å². The maximum atomic E-state index is 13.1. The number of nitrogens with zero attached hydrogens (tertiary/aromatic N) is 6. The zero-order chi connectivity index (χ0) is 25.1. The van der Waals surface area contributed by atoms with E-state index in [1.54, 1.807) is 16.8 Å². The summed E-state index contributed by atoms with van der Waals surface area (Å²) in [5.41, 5.74) is 0.715. The van der Waals surface area contributed by atoms with E-state index in [2.05, 4.69) is 20.3 Å². The van der Waals surface area contributed by atoms with E-state index in [1.807, 2.05) is 38.3 Å². The van der Waals surface area contributed by atoms with Gasteiger partial charge in [-0.25, -0.2) is 9.37 Å². The third-order valence-corrected chi connectivity index (χ3v) is 6.07. The van der Waals surface area contributed by atoms with Crippen molar-refractivity contribution in [2.75, 3.05) is 33.7 Å². The van der Waals surface area contributed by atoms with Gasteiger partial charge in [0.25, 0.3) is 11.5 Å². The van der Waals surface area contributed by atoms with Crippen LogP contribution in [-0.2, 0) is 26.6 Å². The Morgan fingerprint density at radius 2 is 1.97 bits per heavy atom. The highest BCUT2D eigenvalue weighted by Gasteiger charge is 2.33. The highest BCUT2D eigenvalue weighted by Crippen LogP contribution is 2.26. The van der Waals surface area contributed by atoms with Gasteiger partial charge in [-0.1, -0.05) is 12.1 Å². The van der Waals surface area contributed by atoms with Crippen molar-refractivity contribution in [2.24, 2.45) is 7.05 Å². The number of amides is 1. The van der Waals surface area contributed by atoms with Crippen LogP contribution < -0.4 is 10.9 Å². The van der Waals surface area contributed by atoms with Gasteiger partial charge in [-0.3, -0.25) is 23.7 Å². The van der Waals surface area contributed by atoms with Crippen molar-refractivity contribution in [3.63, 3.8) is 0 Å². The number of fused-ring (bicyclic) bond motifs is 1. The van der Waals surface area contributed by atoms with Gasteiger partial charge in [-0.15, -0.1) is 0 Å². The molecule has 1 aliphatic rings. The molecule has 1 aromatic carbocycles. The summed E-state index contributed by atoms with van der Waals surface area (Å²) in [6.45, 7) is 2.36. The number of halogens is 1. The zero-order valence-corrected chi connectivity index (χ0v) is 20.1. The van der Waals surface area contributed by atoms with Crippen molar-refractivity contribution in [3.8, 4) is 5.75 Å². The Morgan fingerprint density at radius 1 is 1.23 bits per heavy atom. The molecular weight excluding hydrogens is 453 g/mol. The molecule has 1 aliphatic heterocycles. The highest BCUT2D eigenvalue weighted by molar-refractivity contribution is 5.94. The predicted molar refractivity (Wildman–Crippen MR) is 128 cm³/mol. The van der Waals surface area contributed by atoms with E-state index in [1.165, 1.54) is 16.7 Å². The lowest BCUT2D eigenvalue weighted by Gasteiger charge is -2.38.